The molecule has 0 bridgehead atoms. The number of hydrogen-bond donors (Lipinski definition) is 2. The maximum Gasteiger partial charge on any atom is 0.339 e. The number of hydrogen-bond acceptors (Lipinski definition) is 3. The first-order valence-electron chi connectivity index (χ1n) is 7.57. The summed E-state index contributed by atoms with van der Waals surface area (Å²) in [4.78, 5) is 24.7. The Morgan fingerprint density at radius 1 is 1.13 bits per heavy atom. The number of aryl methyl sites for hydroxylation is 1. The van der Waals surface area contributed by atoms with Crippen molar-refractivity contribution in [2.75, 3.05) is 5.32 Å². The molecule has 1 amide bonds. The first-order chi connectivity index (χ1) is 11.1. The molecule has 0 aliphatic heterocycles. The SMILES string of the molecule is O=C(C=Cc1ccccc1)Nc1sc2c(c1C(=O)O)CCCC2. The second kappa shape index (κ2) is 6.79. The zero-order valence-corrected chi connectivity index (χ0v) is 13.4. The number of nitrogens with one attached hydrogen (secondary N) is 1. The van der Waals surface area contributed by atoms with Crippen LogP contribution in [0.5, 0.6) is 0 Å². The van der Waals surface area contributed by atoms with Gasteiger partial charge in [0.1, 0.15) is 5.00 Å². The van der Waals surface area contributed by atoms with E-state index < -0.39 is 5.97 Å². The summed E-state index contributed by atoms with van der Waals surface area (Å²) in [6.45, 7) is 0. The van der Waals surface area contributed by atoms with Crippen molar-refractivity contribution in [1.29, 1.82) is 0 Å². The highest BCUT2D eigenvalue weighted by atomic mass is 32.1. The summed E-state index contributed by atoms with van der Waals surface area (Å²) in [5.41, 5.74) is 2.09. The number of rotatable bonds is 4. The van der Waals surface area contributed by atoms with Crippen LogP contribution in [0.15, 0.2) is 36.4 Å². The van der Waals surface area contributed by atoms with E-state index in [1.165, 1.54) is 17.4 Å². The summed E-state index contributed by atoms with van der Waals surface area (Å²) in [6.07, 6.45) is 6.90. The van der Waals surface area contributed by atoms with Crippen molar-refractivity contribution in [3.63, 3.8) is 0 Å². The second-order valence-corrected chi connectivity index (χ2v) is 6.56. The minimum atomic E-state index is -0.966. The van der Waals surface area contributed by atoms with Crippen LogP contribution in [0.4, 0.5) is 5.00 Å². The Hall–Kier alpha value is -2.40. The monoisotopic (exact) mass is 327 g/mol. The van der Waals surface area contributed by atoms with Crippen LogP contribution in [0.2, 0.25) is 0 Å². The van der Waals surface area contributed by atoms with Gasteiger partial charge in [-0.05, 0) is 42.9 Å². The molecule has 1 heterocycles. The topological polar surface area (TPSA) is 66.4 Å². The summed E-state index contributed by atoms with van der Waals surface area (Å²) in [5, 5.41) is 12.7. The van der Waals surface area contributed by atoms with Crippen LogP contribution in [0, 0.1) is 0 Å². The third-order valence-corrected chi connectivity index (χ3v) is 5.06. The molecule has 4 nitrogen and oxygen atoms in total. The molecule has 23 heavy (non-hydrogen) atoms. The Bertz CT molecular complexity index is 762. The molecule has 0 spiro atoms. The summed E-state index contributed by atoms with van der Waals surface area (Å²) < 4.78 is 0. The van der Waals surface area contributed by atoms with Crippen molar-refractivity contribution in [3.05, 3.63) is 58.0 Å². The zero-order valence-electron chi connectivity index (χ0n) is 12.5. The van der Waals surface area contributed by atoms with Gasteiger partial charge in [0.25, 0.3) is 0 Å². The van der Waals surface area contributed by atoms with Gasteiger partial charge in [-0.15, -0.1) is 11.3 Å². The third kappa shape index (κ3) is 3.51. The number of carboxylic acids is 1. The average molecular weight is 327 g/mol. The standard InChI is InChI=1S/C18H17NO3S/c20-15(11-10-12-6-2-1-3-7-12)19-17-16(18(21)22)13-8-4-5-9-14(13)23-17/h1-3,6-7,10-11H,4-5,8-9H2,(H,19,20)(H,21,22). The highest BCUT2D eigenvalue weighted by molar-refractivity contribution is 7.17. The van der Waals surface area contributed by atoms with Crippen molar-refractivity contribution in [1.82, 2.24) is 0 Å². The number of aromatic carboxylic acids is 1. The van der Waals surface area contributed by atoms with Crippen molar-refractivity contribution in [3.8, 4) is 0 Å². The fourth-order valence-corrected chi connectivity index (χ4v) is 4.05. The molecule has 1 aliphatic rings. The number of benzene rings is 1. The summed E-state index contributed by atoms with van der Waals surface area (Å²) in [6, 6.07) is 9.50. The lowest BCUT2D eigenvalue weighted by Gasteiger charge is -2.10. The Morgan fingerprint density at radius 3 is 2.61 bits per heavy atom. The molecular formula is C18H17NO3S. The van der Waals surface area contributed by atoms with Gasteiger partial charge in [-0.1, -0.05) is 30.3 Å². The van der Waals surface area contributed by atoms with Gasteiger partial charge in [0.2, 0.25) is 5.91 Å². The molecule has 0 fully saturated rings. The lowest BCUT2D eigenvalue weighted by Crippen LogP contribution is -2.11. The lowest BCUT2D eigenvalue weighted by atomic mass is 9.95. The number of carbonyl (C=O) groups is 2. The first kappa shape index (κ1) is 15.5. The predicted molar refractivity (Wildman–Crippen MR) is 92.0 cm³/mol. The molecule has 2 aromatic rings. The highest BCUT2D eigenvalue weighted by Crippen LogP contribution is 2.38. The van der Waals surface area contributed by atoms with Crippen LogP contribution in [-0.2, 0) is 17.6 Å². The van der Waals surface area contributed by atoms with E-state index >= 15 is 0 Å². The third-order valence-electron chi connectivity index (χ3n) is 3.85. The van der Waals surface area contributed by atoms with Gasteiger partial charge in [0.05, 0.1) is 5.56 Å². The number of amides is 1. The van der Waals surface area contributed by atoms with Crippen molar-refractivity contribution < 1.29 is 14.7 Å². The molecule has 1 aromatic heterocycles. The normalized spacial score (nSPS) is 13.7. The molecule has 0 atom stereocenters. The molecule has 0 saturated heterocycles. The largest absolute Gasteiger partial charge is 0.478 e. The van der Waals surface area contributed by atoms with Gasteiger partial charge >= 0.3 is 5.97 Å². The Balaban J connectivity index is 1.80. The van der Waals surface area contributed by atoms with Crippen molar-refractivity contribution in [2.45, 2.75) is 25.7 Å². The molecule has 0 saturated carbocycles. The van der Waals surface area contributed by atoms with E-state index in [0.29, 0.717) is 5.00 Å². The van der Waals surface area contributed by atoms with E-state index in [1.807, 2.05) is 30.3 Å². The average Bonchev–Trinajstić information content (AvgIpc) is 2.91. The predicted octanol–water partition coefficient (Wildman–Crippen LogP) is 3.98. The molecule has 2 N–H and O–H groups in total. The minimum Gasteiger partial charge on any atom is -0.478 e. The van der Waals surface area contributed by atoms with Gasteiger partial charge in [0, 0.05) is 11.0 Å². The van der Waals surface area contributed by atoms with E-state index in [0.717, 1.165) is 41.7 Å². The fourth-order valence-electron chi connectivity index (χ4n) is 2.77. The maximum absolute atomic E-state index is 12.1. The van der Waals surface area contributed by atoms with Crippen LogP contribution in [-0.4, -0.2) is 17.0 Å². The fraction of sp³-hybridized carbons (Fsp3) is 0.222. The number of thiophene rings is 1. The summed E-state index contributed by atoms with van der Waals surface area (Å²) in [7, 11) is 0. The van der Waals surface area contributed by atoms with Crippen LogP contribution in [0.1, 0.15) is 39.2 Å². The van der Waals surface area contributed by atoms with Crippen LogP contribution in [0.3, 0.4) is 0 Å². The van der Waals surface area contributed by atoms with Gasteiger partial charge in [-0.25, -0.2) is 4.79 Å². The highest BCUT2D eigenvalue weighted by Gasteiger charge is 2.25. The molecule has 0 unspecified atom stereocenters. The van der Waals surface area contributed by atoms with Gasteiger partial charge in [-0.2, -0.15) is 0 Å². The second-order valence-electron chi connectivity index (χ2n) is 5.45. The summed E-state index contributed by atoms with van der Waals surface area (Å²) in [5.74, 6) is -1.28. The Labute approximate surface area is 138 Å². The van der Waals surface area contributed by atoms with Crippen LogP contribution in [0.25, 0.3) is 6.08 Å². The molecule has 118 valence electrons. The maximum atomic E-state index is 12.1. The molecule has 1 aromatic carbocycles. The smallest absolute Gasteiger partial charge is 0.339 e. The minimum absolute atomic E-state index is 0.270. The van der Waals surface area contributed by atoms with Gasteiger partial charge < -0.3 is 10.4 Å². The number of carboxylic acid groups (broad SMARTS) is 1. The molecule has 1 aliphatic carbocycles. The van der Waals surface area contributed by atoms with Gasteiger partial charge in [-0.3, -0.25) is 4.79 Å². The number of anilines is 1. The van der Waals surface area contributed by atoms with E-state index in [1.54, 1.807) is 6.08 Å². The van der Waals surface area contributed by atoms with Crippen LogP contribution < -0.4 is 5.32 Å². The van der Waals surface area contributed by atoms with Crippen molar-refractivity contribution >= 4 is 34.3 Å². The quantitative estimate of drug-likeness (QED) is 0.835. The van der Waals surface area contributed by atoms with E-state index in [-0.39, 0.29) is 11.5 Å². The molecule has 3 rings (SSSR count). The first-order valence-corrected chi connectivity index (χ1v) is 8.39. The summed E-state index contributed by atoms with van der Waals surface area (Å²) >= 11 is 1.39. The Kier molecular flexibility index (Phi) is 4.57. The molecule has 5 heteroatoms. The number of fused-ring (bicyclic) bond motifs is 1. The van der Waals surface area contributed by atoms with E-state index in [9.17, 15) is 14.7 Å². The van der Waals surface area contributed by atoms with E-state index in [4.69, 9.17) is 0 Å². The van der Waals surface area contributed by atoms with Crippen molar-refractivity contribution in [2.24, 2.45) is 0 Å². The Morgan fingerprint density at radius 2 is 1.87 bits per heavy atom. The van der Waals surface area contributed by atoms with Crippen LogP contribution >= 0.6 is 11.3 Å². The zero-order chi connectivity index (χ0) is 16.2. The number of carbonyl (C=O) groups excluding carboxylic acids is 1. The molecule has 0 radical (unpaired) electrons. The van der Waals surface area contributed by atoms with Gasteiger partial charge in [0.15, 0.2) is 0 Å². The lowest BCUT2D eigenvalue weighted by molar-refractivity contribution is -0.111. The molecular weight excluding hydrogens is 310 g/mol. The van der Waals surface area contributed by atoms with E-state index in [2.05, 4.69) is 5.32 Å².